The van der Waals surface area contributed by atoms with E-state index >= 15 is 0 Å². The average Bonchev–Trinajstić information content (AvgIpc) is 3.27. The van der Waals surface area contributed by atoms with Crippen LogP contribution in [0, 0.1) is 0 Å². The van der Waals surface area contributed by atoms with Gasteiger partial charge in [0.05, 0.1) is 4.90 Å². The van der Waals surface area contributed by atoms with Gasteiger partial charge in [-0.05, 0) is 37.3 Å². The number of carbonyl (C=O) groups excluding carboxylic acids is 2. The Hall–Kier alpha value is -3.40. The van der Waals surface area contributed by atoms with E-state index in [1.54, 1.807) is 30.3 Å². The first-order chi connectivity index (χ1) is 13.8. The van der Waals surface area contributed by atoms with Gasteiger partial charge in [-0.25, -0.2) is 13.2 Å². The van der Waals surface area contributed by atoms with Gasteiger partial charge in [0, 0.05) is 11.1 Å². The Bertz CT molecular complexity index is 1140. The molecule has 0 spiro atoms. The highest BCUT2D eigenvalue weighted by atomic mass is 32.2. The zero-order valence-corrected chi connectivity index (χ0v) is 16.1. The molecule has 1 atom stereocenters. The van der Waals surface area contributed by atoms with E-state index in [9.17, 15) is 18.0 Å². The molecule has 10 heteroatoms. The average molecular weight is 416 g/mol. The standard InChI is InChI=1S/C19H16N2O7S/c1-11(20-18-13-4-2-3-5-17(13)29(24,25)21-18)19(23)26-9-14(22)12-6-7-15-16(8-12)28-10-27-15/h2-8,11H,9-10H2,1H3,(H,20,21). The number of esters is 1. The number of Topliss-reactive ketones (excluding diaryl/α,β-unsaturated/α-hetero) is 1. The van der Waals surface area contributed by atoms with Crippen LogP contribution in [0.4, 0.5) is 0 Å². The molecule has 29 heavy (non-hydrogen) atoms. The van der Waals surface area contributed by atoms with Gasteiger partial charge in [-0.1, -0.05) is 12.1 Å². The van der Waals surface area contributed by atoms with Gasteiger partial charge in [0.2, 0.25) is 6.79 Å². The van der Waals surface area contributed by atoms with Crippen LogP contribution in [0.15, 0.2) is 52.4 Å². The van der Waals surface area contributed by atoms with Crippen molar-refractivity contribution in [1.29, 1.82) is 0 Å². The van der Waals surface area contributed by atoms with Crippen LogP contribution in [0.25, 0.3) is 0 Å². The molecule has 2 aromatic rings. The van der Waals surface area contributed by atoms with Gasteiger partial charge in [0.15, 0.2) is 23.9 Å². The first kappa shape index (κ1) is 18.9. The van der Waals surface area contributed by atoms with Crippen molar-refractivity contribution in [1.82, 2.24) is 4.72 Å². The monoisotopic (exact) mass is 416 g/mol. The highest BCUT2D eigenvalue weighted by Crippen LogP contribution is 2.32. The zero-order valence-electron chi connectivity index (χ0n) is 15.2. The third-order valence-corrected chi connectivity index (χ3v) is 5.76. The van der Waals surface area contributed by atoms with Crippen molar-refractivity contribution < 1.29 is 32.2 Å². The normalized spacial score (nSPS) is 18.0. The summed E-state index contributed by atoms with van der Waals surface area (Å²) < 4.78 is 42.0. The first-order valence-electron chi connectivity index (χ1n) is 8.64. The van der Waals surface area contributed by atoms with E-state index in [0.717, 1.165) is 0 Å². The highest BCUT2D eigenvalue weighted by molar-refractivity contribution is 7.90. The predicted octanol–water partition coefficient (Wildman–Crippen LogP) is 1.27. The lowest BCUT2D eigenvalue weighted by atomic mass is 10.1. The molecule has 0 aliphatic carbocycles. The lowest BCUT2D eigenvalue weighted by Crippen LogP contribution is -2.27. The van der Waals surface area contributed by atoms with Crippen LogP contribution in [-0.2, 0) is 19.6 Å². The summed E-state index contributed by atoms with van der Waals surface area (Å²) in [7, 11) is -3.70. The summed E-state index contributed by atoms with van der Waals surface area (Å²) in [6, 6.07) is 9.98. The van der Waals surface area contributed by atoms with Gasteiger partial charge in [0.1, 0.15) is 11.9 Å². The number of hydrogen-bond donors (Lipinski definition) is 1. The maximum Gasteiger partial charge on any atom is 0.331 e. The maximum atomic E-state index is 12.3. The van der Waals surface area contributed by atoms with E-state index < -0.39 is 34.4 Å². The van der Waals surface area contributed by atoms with E-state index in [2.05, 4.69) is 9.71 Å². The minimum absolute atomic E-state index is 0.0622. The molecule has 0 aromatic heterocycles. The number of amidine groups is 1. The molecule has 1 N–H and O–H groups in total. The Labute approximate surface area is 166 Å². The van der Waals surface area contributed by atoms with Gasteiger partial charge in [-0.3, -0.25) is 14.5 Å². The molecule has 0 amide bonds. The lowest BCUT2D eigenvalue weighted by molar-refractivity contribution is -0.143. The number of ketones is 1. The van der Waals surface area contributed by atoms with Crippen LogP contribution < -0.4 is 14.2 Å². The van der Waals surface area contributed by atoms with Crippen molar-refractivity contribution in [2.75, 3.05) is 13.4 Å². The molecular formula is C19H16N2O7S. The minimum Gasteiger partial charge on any atom is -0.456 e. The number of benzene rings is 2. The molecule has 1 unspecified atom stereocenters. The maximum absolute atomic E-state index is 12.3. The van der Waals surface area contributed by atoms with Crippen LogP contribution >= 0.6 is 0 Å². The molecule has 0 fully saturated rings. The van der Waals surface area contributed by atoms with E-state index in [1.807, 2.05) is 0 Å². The van der Waals surface area contributed by atoms with Crippen molar-refractivity contribution in [3.05, 3.63) is 53.6 Å². The fourth-order valence-corrected chi connectivity index (χ4v) is 4.13. The van der Waals surface area contributed by atoms with Crippen LogP contribution in [0.5, 0.6) is 11.5 Å². The Kier molecular flexibility index (Phi) is 4.71. The number of fused-ring (bicyclic) bond motifs is 2. The van der Waals surface area contributed by atoms with Crippen LogP contribution in [0.1, 0.15) is 22.8 Å². The Morgan fingerprint density at radius 2 is 1.93 bits per heavy atom. The lowest BCUT2D eigenvalue weighted by Gasteiger charge is -2.09. The quantitative estimate of drug-likeness (QED) is 0.576. The molecular weight excluding hydrogens is 400 g/mol. The van der Waals surface area contributed by atoms with Crippen molar-refractivity contribution in [2.45, 2.75) is 17.9 Å². The highest BCUT2D eigenvalue weighted by Gasteiger charge is 2.31. The second kappa shape index (κ2) is 7.21. The summed E-state index contributed by atoms with van der Waals surface area (Å²) in [4.78, 5) is 28.7. The molecule has 2 aliphatic heterocycles. The van der Waals surface area contributed by atoms with Crippen molar-refractivity contribution >= 4 is 27.6 Å². The number of ether oxygens (including phenoxy) is 3. The van der Waals surface area contributed by atoms with E-state index in [4.69, 9.17) is 14.2 Å². The smallest absolute Gasteiger partial charge is 0.331 e. The third kappa shape index (κ3) is 3.66. The second-order valence-corrected chi connectivity index (χ2v) is 8.01. The Balaban J connectivity index is 1.42. The van der Waals surface area contributed by atoms with Crippen LogP contribution in [0.2, 0.25) is 0 Å². The van der Waals surface area contributed by atoms with Gasteiger partial charge in [-0.15, -0.1) is 0 Å². The topological polar surface area (TPSA) is 120 Å². The van der Waals surface area contributed by atoms with E-state index in [1.165, 1.54) is 19.1 Å². The molecule has 2 aromatic carbocycles. The number of sulfonamides is 1. The van der Waals surface area contributed by atoms with Gasteiger partial charge < -0.3 is 14.2 Å². The molecule has 4 rings (SSSR count). The fourth-order valence-electron chi connectivity index (χ4n) is 2.89. The van der Waals surface area contributed by atoms with Gasteiger partial charge >= 0.3 is 5.97 Å². The summed E-state index contributed by atoms with van der Waals surface area (Å²) >= 11 is 0. The number of rotatable bonds is 5. The van der Waals surface area contributed by atoms with Gasteiger partial charge in [0.25, 0.3) is 10.0 Å². The van der Waals surface area contributed by atoms with Crippen molar-refractivity contribution in [2.24, 2.45) is 4.99 Å². The Morgan fingerprint density at radius 1 is 1.17 bits per heavy atom. The van der Waals surface area contributed by atoms with Crippen LogP contribution in [0.3, 0.4) is 0 Å². The Morgan fingerprint density at radius 3 is 2.76 bits per heavy atom. The van der Waals surface area contributed by atoms with Gasteiger partial charge in [-0.2, -0.15) is 0 Å². The minimum atomic E-state index is -3.70. The largest absolute Gasteiger partial charge is 0.456 e. The first-order valence-corrected chi connectivity index (χ1v) is 10.1. The third-order valence-electron chi connectivity index (χ3n) is 4.37. The number of nitrogens with one attached hydrogen (secondary N) is 1. The van der Waals surface area contributed by atoms with Crippen molar-refractivity contribution in [3.8, 4) is 11.5 Å². The van der Waals surface area contributed by atoms with Crippen molar-refractivity contribution in [3.63, 3.8) is 0 Å². The van der Waals surface area contributed by atoms with Crippen LogP contribution in [-0.4, -0.2) is 45.4 Å². The number of carbonyl (C=O) groups is 2. The summed E-state index contributed by atoms with van der Waals surface area (Å²) in [6.07, 6.45) is 0. The molecule has 2 aliphatic rings. The fraction of sp³-hybridized carbons (Fsp3) is 0.211. The predicted molar refractivity (Wildman–Crippen MR) is 101 cm³/mol. The second-order valence-electron chi connectivity index (χ2n) is 6.35. The van der Waals surface area contributed by atoms with E-state index in [0.29, 0.717) is 22.6 Å². The number of aliphatic imine (C=N–C) groups is 1. The summed E-state index contributed by atoms with van der Waals surface area (Å²) in [5, 5.41) is 0. The number of nitrogens with zero attached hydrogens (tertiary/aromatic N) is 1. The zero-order chi connectivity index (χ0) is 20.6. The SMILES string of the molecule is CC(N=C1NS(=O)(=O)c2ccccc21)C(=O)OCC(=O)c1ccc2c(c1)OCO2. The molecule has 150 valence electrons. The summed E-state index contributed by atoms with van der Waals surface area (Å²) in [5.41, 5.74) is 0.696. The summed E-state index contributed by atoms with van der Waals surface area (Å²) in [5.74, 6) is -0.109. The number of hydrogen-bond acceptors (Lipinski definition) is 8. The van der Waals surface area contributed by atoms with E-state index in [-0.39, 0.29) is 17.5 Å². The molecule has 0 saturated heterocycles. The molecule has 0 bridgehead atoms. The molecule has 2 heterocycles. The molecule has 0 radical (unpaired) electrons. The molecule has 0 saturated carbocycles. The molecule has 9 nitrogen and oxygen atoms in total. The summed E-state index contributed by atoms with van der Waals surface area (Å²) in [6.45, 7) is 1.07.